The van der Waals surface area contributed by atoms with Crippen molar-refractivity contribution in [2.75, 3.05) is 11.4 Å². The summed E-state index contributed by atoms with van der Waals surface area (Å²) in [6.07, 6.45) is -4.59. The van der Waals surface area contributed by atoms with Gasteiger partial charge in [-0.1, -0.05) is 24.3 Å². The van der Waals surface area contributed by atoms with Gasteiger partial charge in [-0.2, -0.15) is 26.3 Å². The number of nitrogens with zero attached hydrogens (tertiary/aromatic N) is 4. The van der Waals surface area contributed by atoms with Gasteiger partial charge in [0.05, 0.1) is 16.9 Å². The average molecular weight is 766 g/mol. The first-order valence-electron chi connectivity index (χ1n) is 14.0. The molecule has 0 saturated carbocycles. The minimum Gasteiger partial charge on any atom is -0.475 e. The third kappa shape index (κ3) is 10.7. The van der Waals surface area contributed by atoms with E-state index in [9.17, 15) is 34.8 Å². The minimum atomic E-state index is -5.08. The molecule has 1 aromatic carbocycles. The summed E-state index contributed by atoms with van der Waals surface area (Å²) in [7, 11) is -1.60. The van der Waals surface area contributed by atoms with Crippen LogP contribution in [-0.4, -0.2) is 75.9 Å². The zero-order chi connectivity index (χ0) is 37.4. The van der Waals surface area contributed by atoms with Crippen molar-refractivity contribution in [1.82, 2.24) is 19.9 Å². The normalized spacial score (nSPS) is 11.9. The molecule has 0 aliphatic rings. The standard InChI is InChI=1S/C26H27N5O2S3.2C2HF3O2/c1-18(2)31(36(32,33)24-10-6-12-34-24)23-9-4-8-20-13-22(29-25(20)23)26-28-15-21(35-26)17-30(3)16-19-7-5-11-27-14-19;2*3-2(4,5)1(6)7/h4-15,18,29H,16-17H2,1-3H3;2*(H,6,7). The number of carboxylic acids is 2. The van der Waals surface area contributed by atoms with Crippen LogP contribution in [0.2, 0.25) is 0 Å². The van der Waals surface area contributed by atoms with Gasteiger partial charge in [-0.3, -0.25) is 14.2 Å². The Morgan fingerprint density at radius 3 is 2.10 bits per heavy atom. The molecule has 0 fully saturated rings. The number of thiophene rings is 1. The lowest BCUT2D eigenvalue weighted by Gasteiger charge is -2.28. The highest BCUT2D eigenvalue weighted by Gasteiger charge is 2.39. The molecule has 4 aromatic heterocycles. The van der Waals surface area contributed by atoms with Crippen LogP contribution in [-0.2, 0) is 32.7 Å². The summed E-state index contributed by atoms with van der Waals surface area (Å²) in [5, 5.41) is 17.9. The predicted molar refractivity (Wildman–Crippen MR) is 175 cm³/mol. The van der Waals surface area contributed by atoms with Crippen molar-refractivity contribution < 1.29 is 54.6 Å². The van der Waals surface area contributed by atoms with Crippen LogP contribution < -0.4 is 4.31 Å². The van der Waals surface area contributed by atoms with E-state index < -0.39 is 34.3 Å². The van der Waals surface area contributed by atoms with Gasteiger partial charge in [-0.25, -0.2) is 23.0 Å². The monoisotopic (exact) mass is 765 g/mol. The number of carbonyl (C=O) groups is 2. The molecule has 0 spiro atoms. The smallest absolute Gasteiger partial charge is 0.475 e. The molecule has 0 aliphatic heterocycles. The van der Waals surface area contributed by atoms with Crippen LogP contribution in [0.15, 0.2) is 76.7 Å². The number of aromatic amines is 1. The first-order valence-corrected chi connectivity index (χ1v) is 17.2. The third-order valence-electron chi connectivity index (χ3n) is 6.22. The fraction of sp³-hybridized carbons (Fsp3) is 0.267. The SMILES string of the molecule is CC(C)N(c1cccc2cc(-c3ncc(CN(C)Cc4cccnc4)s3)[nH]c12)S(=O)(=O)c1cccs1.O=C(O)C(F)(F)F.O=C(O)C(F)(F)F. The number of aliphatic carboxylic acids is 2. The molecule has 11 nitrogen and oxygen atoms in total. The highest BCUT2D eigenvalue weighted by Crippen LogP contribution is 2.36. The molecule has 0 saturated heterocycles. The van der Waals surface area contributed by atoms with Gasteiger partial charge in [-0.05, 0) is 56.1 Å². The molecule has 3 N–H and O–H groups in total. The van der Waals surface area contributed by atoms with Crippen molar-refractivity contribution in [1.29, 1.82) is 0 Å². The molecule has 5 rings (SSSR count). The Balaban J connectivity index is 0.000000408. The van der Waals surface area contributed by atoms with E-state index in [0.717, 1.165) is 39.6 Å². The fourth-order valence-corrected chi connectivity index (χ4v) is 7.98. The number of rotatable bonds is 9. The van der Waals surface area contributed by atoms with E-state index in [-0.39, 0.29) is 6.04 Å². The number of hydrogen-bond donors (Lipinski definition) is 3. The van der Waals surface area contributed by atoms with Crippen molar-refractivity contribution in [3.63, 3.8) is 0 Å². The third-order valence-corrected chi connectivity index (χ3v) is 10.6. The summed E-state index contributed by atoms with van der Waals surface area (Å²) < 4.78 is 92.3. The van der Waals surface area contributed by atoms with Crippen LogP contribution in [0.1, 0.15) is 24.3 Å². The molecule has 50 heavy (non-hydrogen) atoms. The minimum absolute atomic E-state index is 0.253. The summed E-state index contributed by atoms with van der Waals surface area (Å²) in [5.41, 5.74) is 3.46. The second kappa shape index (κ2) is 16.5. The van der Waals surface area contributed by atoms with E-state index in [1.165, 1.54) is 21.2 Å². The quantitative estimate of drug-likeness (QED) is 0.132. The Morgan fingerprint density at radius 1 is 0.940 bits per heavy atom. The summed E-state index contributed by atoms with van der Waals surface area (Å²) in [6, 6.07) is 15.0. The van der Waals surface area contributed by atoms with Gasteiger partial charge in [0.25, 0.3) is 10.0 Å². The predicted octanol–water partition coefficient (Wildman–Crippen LogP) is 7.25. The zero-order valence-corrected chi connectivity index (χ0v) is 28.7. The molecule has 20 heteroatoms. The lowest BCUT2D eigenvalue weighted by atomic mass is 10.2. The molecule has 0 aliphatic carbocycles. The van der Waals surface area contributed by atoms with E-state index >= 15 is 0 Å². The lowest BCUT2D eigenvalue weighted by molar-refractivity contribution is -0.193. The maximum absolute atomic E-state index is 13.5. The van der Waals surface area contributed by atoms with Crippen molar-refractivity contribution in [3.8, 4) is 10.7 Å². The summed E-state index contributed by atoms with van der Waals surface area (Å²) in [6.45, 7) is 5.37. The van der Waals surface area contributed by atoms with E-state index in [1.807, 2.05) is 56.6 Å². The Bertz CT molecular complexity index is 1960. The number of thiazole rings is 1. The molecule has 270 valence electrons. The van der Waals surface area contributed by atoms with Gasteiger partial charge in [0.2, 0.25) is 0 Å². The Labute approximate surface area is 289 Å². The number of benzene rings is 1. The maximum atomic E-state index is 13.5. The number of hydrogen-bond acceptors (Lipinski definition) is 9. The second-order valence-corrected chi connectivity index (χ2v) is 14.6. The molecule has 0 atom stereocenters. The molecular weight excluding hydrogens is 737 g/mol. The molecule has 5 aromatic rings. The molecule has 0 unspecified atom stereocenters. The Kier molecular flexibility index (Phi) is 13.1. The van der Waals surface area contributed by atoms with Crippen molar-refractivity contribution in [2.24, 2.45) is 0 Å². The van der Waals surface area contributed by atoms with E-state index in [2.05, 4.69) is 33.0 Å². The first-order chi connectivity index (χ1) is 23.2. The summed E-state index contributed by atoms with van der Waals surface area (Å²) >= 11 is 2.86. The van der Waals surface area contributed by atoms with Crippen molar-refractivity contribution in [2.45, 2.75) is 49.5 Å². The number of halogens is 6. The fourth-order valence-electron chi connectivity index (χ4n) is 4.26. The molecule has 0 bridgehead atoms. The highest BCUT2D eigenvalue weighted by atomic mass is 32.2. The van der Waals surface area contributed by atoms with Crippen molar-refractivity contribution in [3.05, 3.63) is 82.9 Å². The maximum Gasteiger partial charge on any atom is 0.490 e. The van der Waals surface area contributed by atoms with Crippen LogP contribution in [0.4, 0.5) is 32.0 Å². The van der Waals surface area contributed by atoms with Gasteiger partial charge in [0, 0.05) is 48.0 Å². The zero-order valence-electron chi connectivity index (χ0n) is 26.2. The molecular formula is C30H29F6N5O6S3. The number of fused-ring (bicyclic) bond motifs is 1. The summed E-state index contributed by atoms with van der Waals surface area (Å²) in [4.78, 5) is 33.5. The van der Waals surface area contributed by atoms with Crippen LogP contribution in [0, 0.1) is 0 Å². The number of nitrogens with one attached hydrogen (secondary N) is 1. The van der Waals surface area contributed by atoms with E-state index in [1.54, 1.807) is 35.0 Å². The van der Waals surface area contributed by atoms with Gasteiger partial charge >= 0.3 is 24.3 Å². The van der Waals surface area contributed by atoms with Crippen LogP contribution in [0.5, 0.6) is 0 Å². The summed E-state index contributed by atoms with van der Waals surface area (Å²) in [5.74, 6) is -5.51. The largest absolute Gasteiger partial charge is 0.490 e. The Morgan fingerprint density at radius 2 is 1.58 bits per heavy atom. The van der Waals surface area contributed by atoms with Crippen molar-refractivity contribution >= 4 is 61.2 Å². The molecule has 4 heterocycles. The highest BCUT2D eigenvalue weighted by molar-refractivity contribution is 7.94. The van der Waals surface area contributed by atoms with Gasteiger partial charge in [0.15, 0.2) is 0 Å². The first kappa shape index (κ1) is 39.9. The number of aromatic nitrogens is 3. The number of H-pyrrole nitrogens is 1. The average Bonchev–Trinajstić information content (AvgIpc) is 3.79. The number of anilines is 1. The molecule has 0 amide bonds. The van der Waals surface area contributed by atoms with Crippen LogP contribution in [0.25, 0.3) is 21.6 Å². The van der Waals surface area contributed by atoms with E-state index in [0.29, 0.717) is 9.90 Å². The lowest BCUT2D eigenvalue weighted by Crippen LogP contribution is -2.36. The topological polar surface area (TPSA) is 157 Å². The number of sulfonamides is 1. The number of pyridine rings is 1. The van der Waals surface area contributed by atoms with Gasteiger partial charge in [-0.15, -0.1) is 22.7 Å². The Hall–Kier alpha value is -4.53. The van der Waals surface area contributed by atoms with E-state index in [4.69, 9.17) is 19.8 Å². The van der Waals surface area contributed by atoms with Gasteiger partial charge < -0.3 is 15.2 Å². The second-order valence-electron chi connectivity index (χ2n) is 10.5. The number of alkyl halides is 6. The van der Waals surface area contributed by atoms with Gasteiger partial charge in [0.1, 0.15) is 9.22 Å². The van der Waals surface area contributed by atoms with Crippen LogP contribution in [0.3, 0.4) is 0 Å². The number of para-hydroxylation sites is 1. The van der Waals surface area contributed by atoms with Crippen LogP contribution >= 0.6 is 22.7 Å². The number of carboxylic acid groups (broad SMARTS) is 2. The molecule has 0 radical (unpaired) electrons.